The van der Waals surface area contributed by atoms with E-state index in [2.05, 4.69) is 54.2 Å². The highest BCUT2D eigenvalue weighted by molar-refractivity contribution is 5.89. The van der Waals surface area contributed by atoms with Gasteiger partial charge in [-0.05, 0) is 157 Å². The first kappa shape index (κ1) is 72.7. The predicted molar refractivity (Wildman–Crippen MR) is 322 cm³/mol. The van der Waals surface area contributed by atoms with Crippen LogP contribution in [0.15, 0.2) is 72.9 Å². The lowest BCUT2D eigenvalue weighted by Gasteiger charge is -2.31. The second kappa shape index (κ2) is 40.0. The Bertz CT molecular complexity index is 1870. The fourth-order valence-corrected chi connectivity index (χ4v) is 8.35. The summed E-state index contributed by atoms with van der Waals surface area (Å²) in [5.74, 6) is -1.48. The standard InChI is InChI=1S/C63H102N6O12/c1-19-49(76-55(70)43(7)8)31-25-37-67(38-26-32-50(20-2)77-56(71)44(9)10)61-64-62(68(39-27-33-51(21-3)78-57(72)45(11)12)40-28-34-52(22-4)79-58(73)46(13)14)66-63(65-61)69(41-29-35-53(23-5)80-59(74)47(15)16)42-30-36-54(24-6)81-60(75)48(17)18/h49-54H,7,9,11,13,15,17,19-42H2,1-6,8,10,12,14,16,18H3. The monoisotopic (exact) mass is 1130 g/mol. The lowest BCUT2D eigenvalue weighted by Crippen LogP contribution is -2.35. The van der Waals surface area contributed by atoms with E-state index in [9.17, 15) is 28.8 Å². The fourth-order valence-electron chi connectivity index (χ4n) is 8.35. The van der Waals surface area contributed by atoms with Crippen LogP contribution >= 0.6 is 0 Å². The van der Waals surface area contributed by atoms with E-state index in [-0.39, 0.29) is 36.6 Å². The van der Waals surface area contributed by atoms with Crippen LogP contribution in [0, 0.1) is 0 Å². The maximum absolute atomic E-state index is 12.7. The van der Waals surface area contributed by atoms with Crippen LogP contribution in [-0.4, -0.2) is 127 Å². The molecule has 0 bridgehead atoms. The third kappa shape index (κ3) is 29.3. The van der Waals surface area contributed by atoms with Gasteiger partial charge in [-0.25, -0.2) is 28.8 Å². The summed E-state index contributed by atoms with van der Waals surface area (Å²) < 4.78 is 34.9. The summed E-state index contributed by atoms with van der Waals surface area (Å²) in [5.41, 5.74) is 1.91. The van der Waals surface area contributed by atoms with Crippen LogP contribution in [0.4, 0.5) is 17.8 Å². The van der Waals surface area contributed by atoms with Gasteiger partial charge in [0.1, 0.15) is 36.6 Å². The van der Waals surface area contributed by atoms with Gasteiger partial charge in [-0.15, -0.1) is 0 Å². The highest BCUT2D eigenvalue weighted by atomic mass is 16.6. The quantitative estimate of drug-likeness (QED) is 0.0338. The van der Waals surface area contributed by atoms with E-state index in [0.717, 1.165) is 0 Å². The van der Waals surface area contributed by atoms with Gasteiger partial charge in [-0.3, -0.25) is 0 Å². The van der Waals surface area contributed by atoms with Crippen molar-refractivity contribution in [3.05, 3.63) is 72.9 Å². The number of carbonyl (C=O) groups excluding carboxylic acids is 6. The molecule has 1 aromatic heterocycles. The van der Waals surface area contributed by atoms with E-state index in [1.807, 2.05) is 41.5 Å². The molecular formula is C63H102N6O12. The van der Waals surface area contributed by atoms with Crippen molar-refractivity contribution in [2.24, 2.45) is 0 Å². The Balaban J connectivity index is 4.30. The zero-order chi connectivity index (χ0) is 61.2. The highest BCUT2D eigenvalue weighted by Crippen LogP contribution is 2.26. The first-order valence-corrected chi connectivity index (χ1v) is 29.5. The first-order chi connectivity index (χ1) is 38.3. The molecule has 18 heteroatoms. The molecule has 0 fully saturated rings. The second-order valence-electron chi connectivity index (χ2n) is 21.3. The molecule has 456 valence electrons. The van der Waals surface area contributed by atoms with Gasteiger partial charge in [0.05, 0.1) is 0 Å². The fraction of sp³-hybridized carbons (Fsp3) is 0.667. The van der Waals surface area contributed by atoms with Crippen molar-refractivity contribution in [2.45, 2.75) is 235 Å². The predicted octanol–water partition coefficient (Wildman–Crippen LogP) is 12.4. The van der Waals surface area contributed by atoms with Crippen molar-refractivity contribution in [2.75, 3.05) is 54.0 Å². The van der Waals surface area contributed by atoms with E-state index in [1.54, 1.807) is 41.5 Å². The molecule has 0 spiro atoms. The first-order valence-electron chi connectivity index (χ1n) is 29.5. The van der Waals surface area contributed by atoms with E-state index >= 15 is 0 Å². The number of nitrogens with zero attached hydrogens (tertiary/aromatic N) is 6. The van der Waals surface area contributed by atoms with Gasteiger partial charge in [0, 0.05) is 72.7 Å². The molecule has 0 saturated heterocycles. The van der Waals surface area contributed by atoms with Crippen LogP contribution in [-0.2, 0) is 57.2 Å². The Morgan fingerprint density at radius 1 is 0.309 bits per heavy atom. The van der Waals surface area contributed by atoms with Crippen molar-refractivity contribution < 1.29 is 57.2 Å². The minimum Gasteiger partial charge on any atom is -0.459 e. The molecule has 0 saturated carbocycles. The maximum Gasteiger partial charge on any atom is 0.333 e. The van der Waals surface area contributed by atoms with Gasteiger partial charge in [0.15, 0.2) is 0 Å². The zero-order valence-electron chi connectivity index (χ0n) is 51.8. The summed E-state index contributed by atoms with van der Waals surface area (Å²) in [6.45, 7) is 47.0. The second-order valence-corrected chi connectivity index (χ2v) is 21.3. The Kier molecular flexibility index (Phi) is 35.9. The van der Waals surface area contributed by atoms with Gasteiger partial charge in [-0.2, -0.15) is 15.0 Å². The highest BCUT2D eigenvalue weighted by Gasteiger charge is 2.26. The summed E-state index contributed by atoms with van der Waals surface area (Å²) in [5, 5.41) is 0. The minimum absolute atomic E-state index is 0.319. The van der Waals surface area contributed by atoms with Gasteiger partial charge < -0.3 is 43.1 Å². The van der Waals surface area contributed by atoms with Crippen molar-refractivity contribution in [1.82, 2.24) is 15.0 Å². The molecule has 0 aliphatic heterocycles. The molecule has 1 heterocycles. The number of hydrogen-bond donors (Lipinski definition) is 0. The number of carbonyl (C=O) groups is 6. The smallest absolute Gasteiger partial charge is 0.333 e. The average Bonchev–Trinajstić information content (AvgIpc) is 3.42. The topological polar surface area (TPSA) is 206 Å². The molecular weight excluding hydrogens is 1030 g/mol. The van der Waals surface area contributed by atoms with Gasteiger partial charge in [-0.1, -0.05) is 81.0 Å². The van der Waals surface area contributed by atoms with Crippen LogP contribution in [0.2, 0.25) is 0 Å². The Labute approximate surface area is 486 Å². The number of aromatic nitrogens is 3. The third-order valence-electron chi connectivity index (χ3n) is 13.6. The van der Waals surface area contributed by atoms with Gasteiger partial charge in [0.25, 0.3) is 0 Å². The molecule has 0 aromatic carbocycles. The number of ether oxygens (including phenoxy) is 6. The molecule has 6 atom stereocenters. The normalized spacial score (nSPS) is 13.2. The maximum atomic E-state index is 12.7. The van der Waals surface area contributed by atoms with Crippen LogP contribution in [0.1, 0.15) is 199 Å². The summed E-state index contributed by atoms with van der Waals surface area (Å²) in [7, 11) is 0. The molecule has 6 unspecified atom stereocenters. The molecule has 0 amide bonds. The molecule has 1 aromatic rings. The minimum atomic E-state index is -0.447. The molecule has 1 rings (SSSR count). The van der Waals surface area contributed by atoms with E-state index < -0.39 is 35.8 Å². The summed E-state index contributed by atoms with van der Waals surface area (Å²) >= 11 is 0. The molecule has 0 radical (unpaired) electrons. The summed E-state index contributed by atoms with van der Waals surface area (Å²) in [6, 6.07) is 0. The zero-order valence-corrected chi connectivity index (χ0v) is 51.8. The molecule has 0 N–H and O–H groups in total. The average molecular weight is 1140 g/mol. The molecule has 18 nitrogen and oxygen atoms in total. The molecule has 0 aliphatic carbocycles. The molecule has 81 heavy (non-hydrogen) atoms. The Hall–Kier alpha value is -6.33. The SMILES string of the molecule is C=C(C)C(=O)OC(CC)CCCN(CCCC(CC)OC(=O)C(=C)C)c1nc(N(CCCC(CC)OC(=O)C(=C)C)CCCC(CC)OC(=O)C(=C)C)nc(N(CCCC(CC)OC(=O)C(=C)C)CCCC(CC)OC(=O)C(=C)C)n1. The van der Waals surface area contributed by atoms with Crippen molar-refractivity contribution >= 4 is 53.7 Å². The van der Waals surface area contributed by atoms with E-state index in [0.29, 0.717) is 206 Å². The van der Waals surface area contributed by atoms with E-state index in [4.69, 9.17) is 43.4 Å². The Morgan fingerprint density at radius 3 is 0.556 bits per heavy atom. The number of anilines is 3. The largest absolute Gasteiger partial charge is 0.459 e. The van der Waals surface area contributed by atoms with Crippen molar-refractivity contribution in [3.63, 3.8) is 0 Å². The van der Waals surface area contributed by atoms with Crippen LogP contribution in [0.3, 0.4) is 0 Å². The third-order valence-corrected chi connectivity index (χ3v) is 13.6. The van der Waals surface area contributed by atoms with Gasteiger partial charge in [0.2, 0.25) is 17.8 Å². The number of hydrogen-bond acceptors (Lipinski definition) is 18. The van der Waals surface area contributed by atoms with Crippen LogP contribution < -0.4 is 14.7 Å². The summed E-state index contributed by atoms with van der Waals surface area (Å²) in [6.07, 6.45) is 8.33. The Morgan fingerprint density at radius 2 is 0.444 bits per heavy atom. The van der Waals surface area contributed by atoms with Gasteiger partial charge >= 0.3 is 35.8 Å². The van der Waals surface area contributed by atoms with Crippen LogP contribution in [0.25, 0.3) is 0 Å². The lowest BCUT2D eigenvalue weighted by molar-refractivity contribution is -0.145. The number of rotatable bonds is 45. The number of esters is 6. The summed E-state index contributed by atoms with van der Waals surface area (Å²) in [4.78, 5) is 98.3. The molecule has 0 aliphatic rings. The van der Waals surface area contributed by atoms with Crippen molar-refractivity contribution in [1.29, 1.82) is 0 Å². The van der Waals surface area contributed by atoms with Crippen LogP contribution in [0.5, 0.6) is 0 Å². The van der Waals surface area contributed by atoms with Crippen molar-refractivity contribution in [3.8, 4) is 0 Å². The van der Waals surface area contributed by atoms with E-state index in [1.165, 1.54) is 0 Å². The lowest BCUT2D eigenvalue weighted by atomic mass is 10.1.